The van der Waals surface area contributed by atoms with Crippen molar-refractivity contribution in [2.24, 2.45) is 0 Å². The Hall–Kier alpha value is 1.30. The van der Waals surface area contributed by atoms with Crippen molar-refractivity contribution in [3.63, 3.8) is 0 Å². The number of hydrogen-bond acceptors (Lipinski definition) is 4. The first kappa shape index (κ1) is 10.3. The monoisotopic (exact) mass is 159 g/mol. The molecule has 0 aliphatic carbocycles. The topological polar surface area (TPSA) is 80.3 Å². The van der Waals surface area contributed by atoms with E-state index in [1.54, 1.807) is 0 Å². The molecule has 0 heterocycles. The molecule has 0 amide bonds. The van der Waals surface area contributed by atoms with Crippen molar-refractivity contribution in [3.8, 4) is 0 Å². The molecule has 0 spiro atoms. The van der Waals surface area contributed by atoms with E-state index in [1.807, 2.05) is 0 Å². The molecule has 0 radical (unpaired) electrons. The van der Waals surface area contributed by atoms with Gasteiger partial charge >= 0.3 is 67.2 Å². The van der Waals surface area contributed by atoms with Gasteiger partial charge in [-0.25, -0.2) is 0 Å². The van der Waals surface area contributed by atoms with Crippen LogP contribution in [0.4, 0.5) is 0 Å². The Morgan fingerprint density at radius 2 is 1.17 bits per heavy atom. The van der Waals surface area contributed by atoms with Crippen molar-refractivity contribution < 1.29 is 29.4 Å². The molecule has 33 valence electrons. The van der Waals surface area contributed by atoms with Crippen LogP contribution in [-0.2, 0) is 21.0 Å². The predicted octanol–water partition coefficient (Wildman–Crippen LogP) is -3.00. The van der Waals surface area contributed by atoms with Crippen molar-refractivity contribution in [3.05, 3.63) is 0 Å². The van der Waals surface area contributed by atoms with Gasteiger partial charge in [-0.1, -0.05) is 0 Å². The molecule has 0 atom stereocenters. The van der Waals surface area contributed by atoms with Gasteiger partial charge in [0.2, 0.25) is 0 Å². The van der Waals surface area contributed by atoms with Crippen molar-refractivity contribution in [1.29, 1.82) is 0 Å². The molecule has 4 nitrogen and oxygen atoms in total. The van der Waals surface area contributed by atoms with E-state index < -0.39 is 13.4 Å². The summed E-state index contributed by atoms with van der Waals surface area (Å²) in [5, 5.41) is 0. The predicted molar refractivity (Wildman–Crippen MR) is 7.13 cm³/mol. The van der Waals surface area contributed by atoms with Gasteiger partial charge in [0.1, 0.15) is 0 Å². The van der Waals surface area contributed by atoms with Crippen LogP contribution >= 0.6 is 0 Å². The van der Waals surface area contributed by atoms with Crippen LogP contribution in [0.2, 0.25) is 0 Å². The Kier molecular flexibility index (Phi) is 5.71. The molecule has 0 bridgehead atoms. The minimum atomic E-state index is -5.62. The van der Waals surface area contributed by atoms with Crippen LogP contribution in [-0.4, -0.2) is 37.7 Å². The summed E-state index contributed by atoms with van der Waals surface area (Å²) >= 11 is -5.62. The van der Waals surface area contributed by atoms with Crippen LogP contribution in [0.15, 0.2) is 0 Å². The van der Waals surface area contributed by atoms with Crippen LogP contribution in [0.1, 0.15) is 0 Å². The zero-order valence-corrected chi connectivity index (χ0v) is 6.11. The van der Waals surface area contributed by atoms with Crippen molar-refractivity contribution in [2.75, 3.05) is 0 Å². The van der Waals surface area contributed by atoms with E-state index in [-0.39, 0.29) is 37.7 Å². The molecule has 6 heteroatoms. The quantitative estimate of drug-likeness (QED) is 0.353. The Morgan fingerprint density at radius 3 is 1.17 bits per heavy atom. The van der Waals surface area contributed by atoms with Gasteiger partial charge in [0.25, 0.3) is 0 Å². The average molecular weight is 159 g/mol. The summed E-state index contributed by atoms with van der Waals surface area (Å²) < 4.78 is 34.3. The molecule has 6 heavy (non-hydrogen) atoms. The molecule has 0 aliphatic rings. The minimum absolute atomic E-state index is 0. The van der Waals surface area contributed by atoms with E-state index >= 15 is 0 Å². The SMILES string of the molecule is [Ca+2].[O]=[Mn](=[O])([O-])[O-]. The summed E-state index contributed by atoms with van der Waals surface area (Å²) in [5.74, 6) is 0. The van der Waals surface area contributed by atoms with Crippen LogP contribution in [0, 0.1) is 0 Å². The zero-order valence-electron chi connectivity index (χ0n) is 2.72. The molecule has 0 unspecified atom stereocenters. The van der Waals surface area contributed by atoms with E-state index in [0.29, 0.717) is 0 Å². The van der Waals surface area contributed by atoms with E-state index in [9.17, 15) is 0 Å². The van der Waals surface area contributed by atoms with Crippen LogP contribution in [0.5, 0.6) is 0 Å². The average Bonchev–Trinajstić information content (AvgIpc) is 0.722. The summed E-state index contributed by atoms with van der Waals surface area (Å²) in [7, 11) is 0. The second-order valence-electron chi connectivity index (χ2n) is 0.378. The Morgan fingerprint density at radius 1 is 1.17 bits per heavy atom. The van der Waals surface area contributed by atoms with E-state index in [4.69, 9.17) is 16.0 Å². The molecule has 0 saturated carbocycles. The maximum atomic E-state index is 8.58. The molecule has 0 saturated heterocycles. The van der Waals surface area contributed by atoms with Crippen molar-refractivity contribution in [2.45, 2.75) is 0 Å². The summed E-state index contributed by atoms with van der Waals surface area (Å²) in [4.78, 5) is 0. The first-order valence-electron chi connectivity index (χ1n) is 0.617. The van der Waals surface area contributed by atoms with Gasteiger partial charge in [-0.3, -0.25) is 0 Å². The van der Waals surface area contributed by atoms with Gasteiger partial charge in [-0.05, 0) is 0 Å². The fourth-order valence-corrected chi connectivity index (χ4v) is 0. The van der Waals surface area contributed by atoms with Gasteiger partial charge < -0.3 is 0 Å². The molecule has 0 fully saturated rings. The van der Waals surface area contributed by atoms with Gasteiger partial charge in [-0.2, -0.15) is 0 Å². The van der Waals surface area contributed by atoms with Gasteiger partial charge in [0.05, 0.1) is 0 Å². The molecule has 0 aliphatic heterocycles. The molecular weight excluding hydrogens is 159 g/mol. The zero-order chi connectivity index (χ0) is 4.50. The number of hydrogen-bond donors (Lipinski definition) is 0. The summed E-state index contributed by atoms with van der Waals surface area (Å²) in [5.41, 5.74) is 0. The van der Waals surface area contributed by atoms with Crippen molar-refractivity contribution >= 4 is 37.7 Å². The molecule has 0 rings (SSSR count). The summed E-state index contributed by atoms with van der Waals surface area (Å²) in [6.07, 6.45) is 0. The van der Waals surface area contributed by atoms with Crippen LogP contribution < -0.4 is 8.38 Å². The van der Waals surface area contributed by atoms with Gasteiger partial charge in [0.15, 0.2) is 0 Å². The summed E-state index contributed by atoms with van der Waals surface area (Å²) in [6.45, 7) is 0. The third kappa shape index (κ3) is 58.0. The first-order valence-corrected chi connectivity index (χ1v) is 2.54. The fraction of sp³-hybridized carbons (Fsp3) is 0. The second kappa shape index (κ2) is 3.32. The molecule has 0 aromatic carbocycles. The Balaban J connectivity index is 0. The van der Waals surface area contributed by atoms with Crippen LogP contribution in [0.3, 0.4) is 0 Å². The third-order valence-corrected chi connectivity index (χ3v) is 0. The first-order chi connectivity index (χ1) is 2.00. The molecule has 0 aromatic heterocycles. The molecular formula is CaMnO4. The number of rotatable bonds is 0. The third-order valence-electron chi connectivity index (χ3n) is 0. The van der Waals surface area contributed by atoms with E-state index in [2.05, 4.69) is 0 Å². The summed E-state index contributed by atoms with van der Waals surface area (Å²) in [6, 6.07) is 0. The maximum absolute atomic E-state index is 8.58. The molecule has 0 N–H and O–H groups in total. The standard InChI is InChI=1S/Ca.Mn.4O/q+2;;;;2*-1. The Bertz CT molecular complexity index is 90.7. The normalized spacial score (nSPS) is 9.67. The van der Waals surface area contributed by atoms with E-state index in [1.165, 1.54) is 0 Å². The van der Waals surface area contributed by atoms with Gasteiger partial charge in [-0.15, -0.1) is 0 Å². The van der Waals surface area contributed by atoms with Gasteiger partial charge in [0, 0.05) is 0 Å². The van der Waals surface area contributed by atoms with Crippen LogP contribution in [0.25, 0.3) is 0 Å². The second-order valence-corrected chi connectivity index (χ2v) is 1.56. The van der Waals surface area contributed by atoms with E-state index in [0.717, 1.165) is 0 Å². The molecule has 0 aromatic rings. The fourth-order valence-electron chi connectivity index (χ4n) is 0. The van der Waals surface area contributed by atoms with Crippen molar-refractivity contribution in [1.82, 2.24) is 0 Å². The Labute approximate surface area is 66.4 Å².